The van der Waals surface area contributed by atoms with Crippen LogP contribution in [-0.4, -0.2) is 66.0 Å². The normalized spacial score (nSPS) is 25.9. The fraction of sp³-hybridized carbons (Fsp3) is 0.750. The quantitative estimate of drug-likeness (QED) is 0.839. The minimum absolute atomic E-state index is 0.160. The highest BCUT2D eigenvalue weighted by atomic mass is 32.1. The van der Waals surface area contributed by atoms with Gasteiger partial charge in [-0.3, -0.25) is 4.90 Å². The van der Waals surface area contributed by atoms with Gasteiger partial charge in [-0.25, -0.2) is 9.78 Å². The molecule has 22 heavy (non-hydrogen) atoms. The van der Waals surface area contributed by atoms with Crippen molar-refractivity contribution < 1.29 is 4.79 Å². The fourth-order valence-electron chi connectivity index (χ4n) is 3.86. The molecular formula is C16H26N4OS. The van der Waals surface area contributed by atoms with Crippen LogP contribution in [0, 0.1) is 12.3 Å². The Morgan fingerprint density at radius 1 is 1.36 bits per heavy atom. The van der Waals surface area contributed by atoms with Gasteiger partial charge in [0.05, 0.1) is 10.7 Å². The Balaban J connectivity index is 1.61. The first-order chi connectivity index (χ1) is 10.5. The summed E-state index contributed by atoms with van der Waals surface area (Å²) in [5.41, 5.74) is 1.49. The van der Waals surface area contributed by atoms with Crippen LogP contribution in [0.3, 0.4) is 0 Å². The summed E-state index contributed by atoms with van der Waals surface area (Å²) in [7, 11) is 3.68. The van der Waals surface area contributed by atoms with Crippen LogP contribution >= 0.6 is 11.3 Å². The van der Waals surface area contributed by atoms with E-state index in [-0.39, 0.29) is 6.03 Å². The number of rotatable bonds is 2. The number of hydrogen-bond donors (Lipinski definition) is 0. The Bertz CT molecular complexity index is 544. The molecule has 0 saturated carbocycles. The molecule has 0 radical (unpaired) electrons. The summed E-state index contributed by atoms with van der Waals surface area (Å²) in [4.78, 5) is 23.1. The van der Waals surface area contributed by atoms with Crippen molar-refractivity contribution in [2.24, 2.45) is 5.41 Å². The molecule has 1 spiro atoms. The third-order valence-corrected chi connectivity index (χ3v) is 5.71. The Hall–Kier alpha value is -1.14. The number of thiazole rings is 1. The van der Waals surface area contributed by atoms with Gasteiger partial charge < -0.3 is 9.80 Å². The highest BCUT2D eigenvalue weighted by molar-refractivity contribution is 7.09. The van der Waals surface area contributed by atoms with Crippen LogP contribution in [0.4, 0.5) is 4.79 Å². The molecule has 2 fully saturated rings. The topological polar surface area (TPSA) is 39.7 Å². The van der Waals surface area contributed by atoms with Gasteiger partial charge in [0, 0.05) is 51.1 Å². The second-order valence-corrected chi connectivity index (χ2v) is 8.08. The van der Waals surface area contributed by atoms with Gasteiger partial charge in [-0.05, 0) is 32.7 Å². The van der Waals surface area contributed by atoms with Crippen LogP contribution in [0.5, 0.6) is 0 Å². The van der Waals surface area contributed by atoms with Crippen LogP contribution in [0.15, 0.2) is 5.38 Å². The van der Waals surface area contributed by atoms with Crippen LogP contribution in [0.1, 0.15) is 30.0 Å². The first kappa shape index (κ1) is 15.7. The first-order valence-electron chi connectivity index (χ1n) is 8.07. The van der Waals surface area contributed by atoms with Crippen molar-refractivity contribution in [1.82, 2.24) is 19.7 Å². The third kappa shape index (κ3) is 3.27. The number of carbonyl (C=O) groups excluding carboxylic acids is 1. The van der Waals surface area contributed by atoms with Crippen molar-refractivity contribution in [2.45, 2.75) is 32.7 Å². The Morgan fingerprint density at radius 3 is 2.86 bits per heavy atom. The average Bonchev–Trinajstić information content (AvgIpc) is 3.05. The smallest absolute Gasteiger partial charge is 0.319 e. The highest BCUT2D eigenvalue weighted by Crippen LogP contribution is 2.39. The Morgan fingerprint density at radius 2 is 2.18 bits per heavy atom. The lowest BCUT2D eigenvalue weighted by Gasteiger charge is -2.41. The van der Waals surface area contributed by atoms with E-state index in [9.17, 15) is 4.79 Å². The summed E-state index contributed by atoms with van der Waals surface area (Å²) in [5, 5.41) is 3.31. The molecule has 1 aromatic heterocycles. The molecule has 3 rings (SSSR count). The van der Waals surface area contributed by atoms with Gasteiger partial charge in [0.1, 0.15) is 0 Å². The number of carbonyl (C=O) groups is 1. The zero-order chi connectivity index (χ0) is 15.7. The number of aryl methyl sites for hydroxylation is 1. The van der Waals surface area contributed by atoms with E-state index in [1.807, 2.05) is 19.0 Å². The van der Waals surface area contributed by atoms with Gasteiger partial charge in [0.15, 0.2) is 0 Å². The molecule has 2 amide bonds. The molecule has 6 heteroatoms. The Kier molecular flexibility index (Phi) is 4.41. The zero-order valence-electron chi connectivity index (χ0n) is 13.8. The van der Waals surface area contributed by atoms with Crippen molar-refractivity contribution in [3.8, 4) is 0 Å². The van der Waals surface area contributed by atoms with Gasteiger partial charge in [0.2, 0.25) is 0 Å². The van der Waals surface area contributed by atoms with Crippen LogP contribution in [-0.2, 0) is 6.54 Å². The molecule has 5 nitrogen and oxygen atoms in total. The molecule has 0 unspecified atom stereocenters. The van der Waals surface area contributed by atoms with E-state index in [2.05, 4.69) is 22.2 Å². The number of aromatic nitrogens is 1. The van der Waals surface area contributed by atoms with E-state index in [0.29, 0.717) is 5.41 Å². The van der Waals surface area contributed by atoms with Crippen molar-refractivity contribution >= 4 is 17.4 Å². The van der Waals surface area contributed by atoms with E-state index in [4.69, 9.17) is 0 Å². The highest BCUT2D eigenvalue weighted by Gasteiger charge is 2.42. The third-order valence-electron chi connectivity index (χ3n) is 4.88. The summed E-state index contributed by atoms with van der Waals surface area (Å²) >= 11 is 1.73. The minimum atomic E-state index is 0.160. The maximum atomic E-state index is 12.2. The largest absolute Gasteiger partial charge is 0.331 e. The van der Waals surface area contributed by atoms with Gasteiger partial charge >= 0.3 is 6.03 Å². The van der Waals surface area contributed by atoms with Crippen molar-refractivity contribution in [3.63, 3.8) is 0 Å². The van der Waals surface area contributed by atoms with Crippen LogP contribution < -0.4 is 0 Å². The molecule has 0 aliphatic carbocycles. The predicted octanol–water partition coefficient (Wildman–Crippen LogP) is 2.42. The molecule has 2 saturated heterocycles. The van der Waals surface area contributed by atoms with E-state index < -0.39 is 0 Å². The zero-order valence-corrected chi connectivity index (χ0v) is 14.7. The summed E-state index contributed by atoms with van der Waals surface area (Å²) in [6.45, 7) is 7.06. The molecule has 0 N–H and O–H groups in total. The average molecular weight is 322 g/mol. The van der Waals surface area contributed by atoms with E-state index >= 15 is 0 Å². The van der Waals surface area contributed by atoms with E-state index in [0.717, 1.165) is 44.2 Å². The lowest BCUT2D eigenvalue weighted by atomic mass is 9.79. The molecule has 122 valence electrons. The van der Waals surface area contributed by atoms with Gasteiger partial charge in [-0.15, -0.1) is 11.3 Å². The monoisotopic (exact) mass is 322 g/mol. The van der Waals surface area contributed by atoms with E-state index in [1.165, 1.54) is 18.5 Å². The van der Waals surface area contributed by atoms with Crippen molar-refractivity contribution in [1.29, 1.82) is 0 Å². The standard InChI is InChI=1S/C16H26N4OS/c1-13-17-14(10-22-13)9-19-8-6-16(11-19)5-4-7-20(12-16)15(21)18(2)3/h10H,4-9,11-12H2,1-3H3/t16-/m1/s1. The molecular weight excluding hydrogens is 296 g/mol. The minimum Gasteiger partial charge on any atom is -0.331 e. The maximum Gasteiger partial charge on any atom is 0.319 e. The Labute approximate surface area is 136 Å². The van der Waals surface area contributed by atoms with Gasteiger partial charge in [-0.1, -0.05) is 0 Å². The number of urea groups is 1. The SMILES string of the molecule is Cc1nc(CN2CC[C@]3(CCCN(C(=O)N(C)C)C3)C2)cs1. The molecule has 2 aliphatic rings. The molecule has 2 aliphatic heterocycles. The lowest BCUT2D eigenvalue weighted by Crippen LogP contribution is -2.50. The summed E-state index contributed by atoms with van der Waals surface area (Å²) in [6, 6.07) is 0.160. The summed E-state index contributed by atoms with van der Waals surface area (Å²) in [5.74, 6) is 0. The van der Waals surface area contributed by atoms with E-state index in [1.54, 1.807) is 16.2 Å². The van der Waals surface area contributed by atoms with Crippen LogP contribution in [0.25, 0.3) is 0 Å². The molecule has 3 heterocycles. The molecule has 0 aromatic carbocycles. The number of piperidine rings is 1. The number of nitrogens with zero attached hydrogens (tertiary/aromatic N) is 4. The van der Waals surface area contributed by atoms with Crippen molar-refractivity contribution in [2.75, 3.05) is 40.3 Å². The molecule has 1 aromatic rings. The number of likely N-dealkylation sites (tertiary alicyclic amines) is 2. The second kappa shape index (κ2) is 6.16. The van der Waals surface area contributed by atoms with Crippen LogP contribution in [0.2, 0.25) is 0 Å². The molecule has 0 bridgehead atoms. The number of amides is 2. The summed E-state index contributed by atoms with van der Waals surface area (Å²) in [6.07, 6.45) is 3.58. The predicted molar refractivity (Wildman–Crippen MR) is 89.1 cm³/mol. The first-order valence-corrected chi connectivity index (χ1v) is 8.95. The van der Waals surface area contributed by atoms with Gasteiger partial charge in [0.25, 0.3) is 0 Å². The number of hydrogen-bond acceptors (Lipinski definition) is 4. The van der Waals surface area contributed by atoms with Gasteiger partial charge in [-0.2, -0.15) is 0 Å². The summed E-state index contributed by atoms with van der Waals surface area (Å²) < 4.78 is 0. The van der Waals surface area contributed by atoms with Crippen molar-refractivity contribution in [3.05, 3.63) is 16.1 Å². The lowest BCUT2D eigenvalue weighted by molar-refractivity contribution is 0.0945. The second-order valence-electron chi connectivity index (χ2n) is 7.02. The maximum absolute atomic E-state index is 12.2. The molecule has 1 atom stereocenters. The fourth-order valence-corrected chi connectivity index (χ4v) is 4.46.